The molecule has 1 atom stereocenters. The van der Waals surface area contributed by atoms with Gasteiger partial charge in [-0.2, -0.15) is 4.98 Å². The molecule has 1 aromatic rings. The predicted octanol–water partition coefficient (Wildman–Crippen LogP) is 0.416. The van der Waals surface area contributed by atoms with Crippen molar-refractivity contribution in [3.63, 3.8) is 0 Å². The van der Waals surface area contributed by atoms with Gasteiger partial charge in [-0.25, -0.2) is 0 Å². The van der Waals surface area contributed by atoms with Gasteiger partial charge in [0, 0.05) is 6.54 Å². The summed E-state index contributed by atoms with van der Waals surface area (Å²) in [6.07, 6.45) is 0.863. The zero-order valence-electron chi connectivity index (χ0n) is 9.95. The minimum atomic E-state index is -0.310. The third-order valence-corrected chi connectivity index (χ3v) is 2.89. The number of hydrogen-bond donors (Lipinski definition) is 2. The average molecular weight is 261 g/mol. The minimum Gasteiger partial charge on any atom is -0.347 e. The molecule has 0 radical (unpaired) electrons. The van der Waals surface area contributed by atoms with Crippen molar-refractivity contribution in [2.24, 2.45) is 5.41 Å². The van der Waals surface area contributed by atoms with Crippen molar-refractivity contribution >= 4 is 18.3 Å². The summed E-state index contributed by atoms with van der Waals surface area (Å²) in [5.74, 6) is 1.06. The molecule has 1 aromatic heterocycles. The Bertz CT molecular complexity index is 387. The fraction of sp³-hybridized carbons (Fsp3) is 0.700. The lowest BCUT2D eigenvalue weighted by Gasteiger charge is -2.20. The summed E-state index contributed by atoms with van der Waals surface area (Å²) >= 11 is 0. The van der Waals surface area contributed by atoms with Gasteiger partial charge in [0.2, 0.25) is 11.8 Å². The van der Waals surface area contributed by atoms with E-state index in [0.717, 1.165) is 19.5 Å². The molecule has 0 aliphatic carbocycles. The Morgan fingerprint density at radius 2 is 2.41 bits per heavy atom. The highest BCUT2D eigenvalue weighted by molar-refractivity contribution is 5.85. The highest BCUT2D eigenvalue weighted by Crippen LogP contribution is 2.24. The maximum Gasteiger partial charge on any atom is 0.246 e. The summed E-state index contributed by atoms with van der Waals surface area (Å²) < 4.78 is 4.92. The first-order valence-electron chi connectivity index (χ1n) is 5.38. The maximum absolute atomic E-state index is 11.9. The van der Waals surface area contributed by atoms with Crippen LogP contribution >= 0.6 is 12.4 Å². The van der Waals surface area contributed by atoms with Crippen LogP contribution in [0.3, 0.4) is 0 Å². The number of carbonyl (C=O) groups is 1. The second kappa shape index (κ2) is 5.46. The maximum atomic E-state index is 11.9. The van der Waals surface area contributed by atoms with Crippen molar-refractivity contribution in [1.29, 1.82) is 0 Å². The van der Waals surface area contributed by atoms with Crippen molar-refractivity contribution < 1.29 is 9.32 Å². The van der Waals surface area contributed by atoms with Gasteiger partial charge in [0.25, 0.3) is 0 Å². The number of rotatable bonds is 3. The van der Waals surface area contributed by atoms with E-state index in [1.54, 1.807) is 6.92 Å². The largest absolute Gasteiger partial charge is 0.347 e. The zero-order chi connectivity index (χ0) is 11.6. The van der Waals surface area contributed by atoms with Crippen molar-refractivity contribution in [2.45, 2.75) is 26.8 Å². The molecule has 6 nitrogen and oxygen atoms in total. The zero-order valence-corrected chi connectivity index (χ0v) is 10.8. The molecule has 1 unspecified atom stereocenters. The van der Waals surface area contributed by atoms with E-state index < -0.39 is 0 Å². The fourth-order valence-corrected chi connectivity index (χ4v) is 1.79. The molecule has 0 spiro atoms. The van der Waals surface area contributed by atoms with E-state index in [1.807, 2.05) is 6.92 Å². The molecule has 7 heteroatoms. The first-order chi connectivity index (χ1) is 7.60. The van der Waals surface area contributed by atoms with E-state index in [0.29, 0.717) is 18.3 Å². The van der Waals surface area contributed by atoms with Crippen LogP contribution in [0, 0.1) is 12.3 Å². The summed E-state index contributed by atoms with van der Waals surface area (Å²) in [6.45, 7) is 5.62. The Kier molecular flexibility index (Phi) is 4.47. The van der Waals surface area contributed by atoms with Gasteiger partial charge < -0.3 is 15.2 Å². The van der Waals surface area contributed by atoms with Crippen LogP contribution in [0.4, 0.5) is 0 Å². The fourth-order valence-electron chi connectivity index (χ4n) is 1.79. The molecule has 1 amide bonds. The number of carbonyl (C=O) groups excluding carboxylic acids is 1. The van der Waals surface area contributed by atoms with Gasteiger partial charge in [-0.3, -0.25) is 4.79 Å². The Morgan fingerprint density at radius 3 is 2.94 bits per heavy atom. The molecule has 1 aliphatic heterocycles. The van der Waals surface area contributed by atoms with Crippen LogP contribution < -0.4 is 10.6 Å². The van der Waals surface area contributed by atoms with Crippen molar-refractivity contribution in [3.8, 4) is 0 Å². The van der Waals surface area contributed by atoms with E-state index in [1.165, 1.54) is 0 Å². The highest BCUT2D eigenvalue weighted by atomic mass is 35.5. The number of aryl methyl sites for hydroxylation is 1. The normalized spacial score (nSPS) is 23.2. The van der Waals surface area contributed by atoms with E-state index in [2.05, 4.69) is 20.8 Å². The highest BCUT2D eigenvalue weighted by Gasteiger charge is 2.36. The minimum absolute atomic E-state index is 0. The van der Waals surface area contributed by atoms with Crippen LogP contribution in [0.25, 0.3) is 0 Å². The third kappa shape index (κ3) is 3.17. The van der Waals surface area contributed by atoms with Gasteiger partial charge in [0.1, 0.15) is 0 Å². The molecular formula is C10H17ClN4O2. The van der Waals surface area contributed by atoms with Crippen LogP contribution in [0.1, 0.15) is 25.1 Å². The van der Waals surface area contributed by atoms with Crippen molar-refractivity contribution in [1.82, 2.24) is 20.8 Å². The number of hydrogen-bond acceptors (Lipinski definition) is 5. The smallest absolute Gasteiger partial charge is 0.246 e. The summed E-state index contributed by atoms with van der Waals surface area (Å²) in [4.78, 5) is 15.9. The molecular weight excluding hydrogens is 244 g/mol. The molecule has 2 N–H and O–H groups in total. The van der Waals surface area contributed by atoms with Gasteiger partial charge in [0.05, 0.1) is 12.0 Å². The van der Waals surface area contributed by atoms with Gasteiger partial charge in [-0.1, -0.05) is 5.16 Å². The Morgan fingerprint density at radius 1 is 1.65 bits per heavy atom. The molecule has 0 bridgehead atoms. The second-order valence-corrected chi connectivity index (χ2v) is 4.41. The SMILES string of the molecule is Cc1noc(CNC(=O)C2(C)CCNC2)n1.Cl. The molecule has 2 heterocycles. The van der Waals surface area contributed by atoms with E-state index >= 15 is 0 Å². The average Bonchev–Trinajstić information content (AvgIpc) is 2.85. The van der Waals surface area contributed by atoms with E-state index in [-0.39, 0.29) is 23.7 Å². The van der Waals surface area contributed by atoms with E-state index in [4.69, 9.17) is 4.52 Å². The molecule has 1 saturated heterocycles. The third-order valence-electron chi connectivity index (χ3n) is 2.89. The number of amides is 1. The van der Waals surface area contributed by atoms with Crippen LogP contribution in [-0.4, -0.2) is 29.1 Å². The summed E-state index contributed by atoms with van der Waals surface area (Å²) in [5.41, 5.74) is -0.310. The molecule has 2 rings (SSSR count). The predicted molar refractivity (Wildman–Crippen MR) is 63.7 cm³/mol. The summed E-state index contributed by atoms with van der Waals surface area (Å²) in [6, 6.07) is 0. The molecule has 0 aromatic carbocycles. The quantitative estimate of drug-likeness (QED) is 0.823. The topological polar surface area (TPSA) is 80.0 Å². The first kappa shape index (κ1) is 13.9. The summed E-state index contributed by atoms with van der Waals surface area (Å²) in [7, 11) is 0. The first-order valence-corrected chi connectivity index (χ1v) is 5.38. The Hall–Kier alpha value is -1.14. The van der Waals surface area contributed by atoms with E-state index in [9.17, 15) is 4.79 Å². The molecule has 1 fully saturated rings. The molecule has 17 heavy (non-hydrogen) atoms. The monoisotopic (exact) mass is 260 g/mol. The number of aromatic nitrogens is 2. The van der Waals surface area contributed by atoms with Crippen molar-refractivity contribution in [2.75, 3.05) is 13.1 Å². The van der Waals surface area contributed by atoms with Crippen LogP contribution in [0.2, 0.25) is 0 Å². The number of halogens is 1. The van der Waals surface area contributed by atoms with Crippen molar-refractivity contribution in [3.05, 3.63) is 11.7 Å². The number of nitrogens with one attached hydrogen (secondary N) is 2. The van der Waals surface area contributed by atoms with Crippen LogP contribution in [0.5, 0.6) is 0 Å². The Labute approximate surface area is 106 Å². The standard InChI is InChI=1S/C10H16N4O2.ClH/c1-7-13-8(16-14-7)5-12-9(15)10(2)3-4-11-6-10;/h11H,3-6H2,1-2H3,(H,12,15);1H. The second-order valence-electron chi connectivity index (χ2n) is 4.41. The van der Waals surface area contributed by atoms with Gasteiger partial charge in [-0.05, 0) is 26.8 Å². The number of nitrogens with zero attached hydrogens (tertiary/aromatic N) is 2. The lowest BCUT2D eigenvalue weighted by atomic mass is 9.89. The molecule has 1 aliphatic rings. The van der Waals surface area contributed by atoms with Gasteiger partial charge in [-0.15, -0.1) is 12.4 Å². The van der Waals surface area contributed by atoms with Gasteiger partial charge in [0.15, 0.2) is 5.82 Å². The van der Waals surface area contributed by atoms with Crippen LogP contribution in [0.15, 0.2) is 4.52 Å². The van der Waals surface area contributed by atoms with Gasteiger partial charge >= 0.3 is 0 Å². The van der Waals surface area contributed by atoms with Crippen LogP contribution in [-0.2, 0) is 11.3 Å². The summed E-state index contributed by atoms with van der Waals surface area (Å²) in [5, 5.41) is 9.66. The lowest BCUT2D eigenvalue weighted by Crippen LogP contribution is -2.40. The Balaban J connectivity index is 0.00000144. The molecule has 0 saturated carbocycles. The molecule has 96 valence electrons. The lowest BCUT2D eigenvalue weighted by molar-refractivity contribution is -0.129.